The van der Waals surface area contributed by atoms with Crippen molar-refractivity contribution in [2.24, 2.45) is 15.8 Å². The van der Waals surface area contributed by atoms with Crippen molar-refractivity contribution in [2.45, 2.75) is 26.3 Å². The van der Waals surface area contributed by atoms with E-state index in [1.165, 1.54) is 6.34 Å². The van der Waals surface area contributed by atoms with Crippen LogP contribution in [0.4, 0.5) is 0 Å². The van der Waals surface area contributed by atoms with Crippen LogP contribution in [0, 0.1) is 0 Å². The highest BCUT2D eigenvalue weighted by Crippen LogP contribution is 2.09. The van der Waals surface area contributed by atoms with Crippen molar-refractivity contribution in [3.63, 3.8) is 0 Å². The maximum Gasteiger partial charge on any atom is 0.184 e. The molecule has 3 N–H and O–H groups in total. The first kappa shape index (κ1) is 13.7. The average Bonchev–Trinajstić information content (AvgIpc) is 2.13. The molecule has 0 atom stereocenters. The summed E-state index contributed by atoms with van der Waals surface area (Å²) in [6.07, 6.45) is 2.38. The fourth-order valence-electron chi connectivity index (χ4n) is 0.639. The molecule has 82 valence electrons. The normalized spacial score (nSPS) is 12.8. The van der Waals surface area contributed by atoms with Crippen molar-refractivity contribution >= 4 is 34.9 Å². The number of alkyl halides is 1. The zero-order chi connectivity index (χ0) is 10.8. The lowest BCUT2D eigenvalue weighted by Gasteiger charge is -2.02. The molecule has 0 bridgehead atoms. The van der Waals surface area contributed by atoms with Crippen LogP contribution < -0.4 is 11.3 Å². The number of halogens is 1. The Balaban J connectivity index is 4.04. The molecule has 0 saturated carbocycles. The summed E-state index contributed by atoms with van der Waals surface area (Å²) < 4.78 is 0. The second kappa shape index (κ2) is 9.30. The molecule has 0 aliphatic carbocycles. The standard InChI is InChI=1S/C8H17ClN4S/c1-7(2)13-8(11-6-12-10)14-5-3-4-9/h6-7H,3-5,10H2,1-2H3,(H,11,12,13). The number of nitrogens with one attached hydrogen (secondary N) is 1. The maximum atomic E-state index is 5.57. The number of nitrogens with zero attached hydrogens (tertiary/aromatic N) is 2. The molecule has 0 rings (SSSR count). The summed E-state index contributed by atoms with van der Waals surface area (Å²) in [7, 11) is 0. The van der Waals surface area contributed by atoms with Crippen LogP contribution in [0.5, 0.6) is 0 Å². The van der Waals surface area contributed by atoms with Gasteiger partial charge in [0, 0.05) is 17.7 Å². The van der Waals surface area contributed by atoms with E-state index in [9.17, 15) is 0 Å². The fourth-order valence-corrected chi connectivity index (χ4v) is 1.82. The van der Waals surface area contributed by atoms with Gasteiger partial charge in [0.2, 0.25) is 0 Å². The number of amidine groups is 1. The van der Waals surface area contributed by atoms with Crippen LogP contribution in [-0.4, -0.2) is 29.2 Å². The smallest absolute Gasteiger partial charge is 0.184 e. The average molecular weight is 237 g/mol. The van der Waals surface area contributed by atoms with Crippen LogP contribution in [-0.2, 0) is 0 Å². The molecule has 0 aromatic carbocycles. The molecule has 0 spiro atoms. The van der Waals surface area contributed by atoms with E-state index in [1.54, 1.807) is 11.8 Å². The highest BCUT2D eigenvalue weighted by Gasteiger charge is 1.98. The molecule has 6 heteroatoms. The lowest BCUT2D eigenvalue weighted by Crippen LogP contribution is -2.19. The van der Waals surface area contributed by atoms with Gasteiger partial charge in [-0.15, -0.1) is 11.6 Å². The molecular formula is C8H17ClN4S. The summed E-state index contributed by atoms with van der Waals surface area (Å²) in [6, 6.07) is 0.239. The highest BCUT2D eigenvalue weighted by atomic mass is 35.5. The molecule has 4 nitrogen and oxygen atoms in total. The molecule has 0 heterocycles. The van der Waals surface area contributed by atoms with E-state index in [0.717, 1.165) is 17.3 Å². The molecule has 0 unspecified atom stereocenters. The third kappa shape index (κ3) is 8.34. The molecule has 0 fully saturated rings. The molecule has 0 radical (unpaired) electrons. The van der Waals surface area contributed by atoms with Crippen molar-refractivity contribution in [1.82, 2.24) is 5.43 Å². The van der Waals surface area contributed by atoms with Crippen LogP contribution in [0.2, 0.25) is 0 Å². The van der Waals surface area contributed by atoms with Gasteiger partial charge in [-0.2, -0.15) is 0 Å². The van der Waals surface area contributed by atoms with Gasteiger partial charge in [-0.1, -0.05) is 11.8 Å². The number of aliphatic imine (C=N–C) groups is 2. The van der Waals surface area contributed by atoms with Crippen molar-refractivity contribution in [1.29, 1.82) is 0 Å². The van der Waals surface area contributed by atoms with Gasteiger partial charge in [0.15, 0.2) is 5.17 Å². The number of hydrazine groups is 1. The van der Waals surface area contributed by atoms with Gasteiger partial charge in [-0.05, 0) is 20.3 Å². The molecular weight excluding hydrogens is 220 g/mol. The lowest BCUT2D eigenvalue weighted by atomic mass is 10.4. The zero-order valence-corrected chi connectivity index (χ0v) is 10.1. The Kier molecular flexibility index (Phi) is 9.13. The minimum Gasteiger partial charge on any atom is -0.315 e. The van der Waals surface area contributed by atoms with Crippen LogP contribution >= 0.6 is 23.4 Å². The largest absolute Gasteiger partial charge is 0.315 e. The summed E-state index contributed by atoms with van der Waals surface area (Å²) in [6.45, 7) is 4.01. The third-order valence-electron chi connectivity index (χ3n) is 1.13. The first-order chi connectivity index (χ1) is 6.70. The van der Waals surface area contributed by atoms with Crippen LogP contribution in [0.25, 0.3) is 0 Å². The van der Waals surface area contributed by atoms with Gasteiger partial charge in [-0.3, -0.25) is 4.99 Å². The van der Waals surface area contributed by atoms with E-state index in [-0.39, 0.29) is 6.04 Å². The predicted molar refractivity (Wildman–Crippen MR) is 66.2 cm³/mol. The van der Waals surface area contributed by atoms with E-state index in [0.29, 0.717) is 5.88 Å². The monoisotopic (exact) mass is 236 g/mol. The maximum absolute atomic E-state index is 5.57. The van der Waals surface area contributed by atoms with E-state index in [1.807, 2.05) is 13.8 Å². The Morgan fingerprint density at radius 1 is 1.64 bits per heavy atom. The third-order valence-corrected chi connectivity index (χ3v) is 2.36. The number of hydrogen-bond donors (Lipinski definition) is 2. The van der Waals surface area contributed by atoms with Crippen LogP contribution in [0.1, 0.15) is 20.3 Å². The van der Waals surface area contributed by atoms with Gasteiger partial charge >= 0.3 is 0 Å². The first-order valence-corrected chi connectivity index (χ1v) is 5.98. The summed E-state index contributed by atoms with van der Waals surface area (Å²) in [4.78, 5) is 8.39. The van der Waals surface area contributed by atoms with Crippen LogP contribution in [0.15, 0.2) is 9.98 Å². The topological polar surface area (TPSA) is 62.8 Å². The van der Waals surface area contributed by atoms with Gasteiger partial charge < -0.3 is 5.43 Å². The van der Waals surface area contributed by atoms with E-state index in [2.05, 4.69) is 15.4 Å². The Morgan fingerprint density at radius 3 is 2.86 bits per heavy atom. The molecule has 0 amide bonds. The second-order valence-corrected chi connectivity index (χ2v) is 4.26. The van der Waals surface area contributed by atoms with Gasteiger partial charge in [0.25, 0.3) is 0 Å². The Labute approximate surface area is 94.4 Å². The molecule has 0 aliphatic heterocycles. The summed E-state index contributed by atoms with van der Waals surface area (Å²) >= 11 is 7.16. The molecule has 0 aliphatic rings. The number of thioether (sulfide) groups is 1. The molecule has 14 heavy (non-hydrogen) atoms. The molecule has 0 saturated heterocycles. The van der Waals surface area contributed by atoms with Gasteiger partial charge in [0.05, 0.1) is 0 Å². The van der Waals surface area contributed by atoms with Gasteiger partial charge in [0.1, 0.15) is 6.34 Å². The zero-order valence-electron chi connectivity index (χ0n) is 8.53. The van der Waals surface area contributed by atoms with E-state index < -0.39 is 0 Å². The highest BCUT2D eigenvalue weighted by molar-refractivity contribution is 8.13. The Bertz CT molecular complexity index is 194. The SMILES string of the molecule is CC(C)N=C(/N=C/NN)SCCCCl. The Morgan fingerprint density at radius 2 is 2.36 bits per heavy atom. The first-order valence-electron chi connectivity index (χ1n) is 4.46. The van der Waals surface area contributed by atoms with E-state index >= 15 is 0 Å². The molecule has 0 aromatic rings. The number of hydrogen-bond acceptors (Lipinski definition) is 3. The van der Waals surface area contributed by atoms with Crippen molar-refractivity contribution < 1.29 is 0 Å². The fraction of sp³-hybridized carbons (Fsp3) is 0.750. The predicted octanol–water partition coefficient (Wildman–Crippen LogP) is 1.60. The van der Waals surface area contributed by atoms with Gasteiger partial charge in [-0.25, -0.2) is 10.8 Å². The van der Waals surface area contributed by atoms with Crippen molar-refractivity contribution in [3.05, 3.63) is 0 Å². The summed E-state index contributed by atoms with van der Waals surface area (Å²) in [5.41, 5.74) is 2.35. The molecule has 0 aromatic heterocycles. The Hall–Kier alpha value is -0.260. The van der Waals surface area contributed by atoms with Crippen molar-refractivity contribution in [3.8, 4) is 0 Å². The number of rotatable bonds is 5. The summed E-state index contributed by atoms with van der Waals surface area (Å²) in [5, 5.41) is 0.739. The van der Waals surface area contributed by atoms with Crippen molar-refractivity contribution in [2.75, 3.05) is 11.6 Å². The van der Waals surface area contributed by atoms with E-state index in [4.69, 9.17) is 17.4 Å². The minimum absolute atomic E-state index is 0.239. The second-order valence-electron chi connectivity index (χ2n) is 2.82. The summed E-state index contributed by atoms with van der Waals surface area (Å²) in [5.74, 6) is 6.67. The lowest BCUT2D eigenvalue weighted by molar-refractivity contribution is 0.837. The minimum atomic E-state index is 0.239. The number of nitrogens with two attached hydrogens (primary N) is 1. The van der Waals surface area contributed by atoms with Crippen LogP contribution in [0.3, 0.4) is 0 Å². The quantitative estimate of drug-likeness (QED) is 0.190.